The maximum atomic E-state index is 11.1. The highest BCUT2D eigenvalue weighted by Gasteiger charge is 1.72. The highest BCUT2D eigenvalue weighted by atomic mass is 19.1. The predicted molar refractivity (Wildman–Crippen MR) is 26.7 cm³/mol. The first-order valence-electron chi connectivity index (χ1n) is 2.16. The molecule has 0 amide bonds. The zero-order chi connectivity index (χ0) is 5.54. The van der Waals surface area contributed by atoms with Gasteiger partial charge in [-0.05, 0) is 6.92 Å². The summed E-state index contributed by atoms with van der Waals surface area (Å²) < 4.78 is 15.4. The van der Waals surface area contributed by atoms with Crippen LogP contribution in [-0.4, -0.2) is 13.5 Å². The third-order valence-corrected chi connectivity index (χ3v) is 0.527. The van der Waals surface area contributed by atoms with Gasteiger partial charge in [-0.15, -0.1) is 0 Å². The van der Waals surface area contributed by atoms with Crippen molar-refractivity contribution in [3.8, 4) is 0 Å². The van der Waals surface area contributed by atoms with E-state index in [1.54, 1.807) is 6.08 Å². The van der Waals surface area contributed by atoms with E-state index >= 15 is 0 Å². The van der Waals surface area contributed by atoms with Crippen molar-refractivity contribution >= 4 is 0 Å². The van der Waals surface area contributed by atoms with E-state index in [4.69, 9.17) is 0 Å². The van der Waals surface area contributed by atoms with Gasteiger partial charge in [-0.3, -0.25) is 0 Å². The number of rotatable bonds is 3. The number of hydrogen-bond donors (Lipinski definition) is 0. The van der Waals surface area contributed by atoms with Crippen LogP contribution in [0.2, 0.25) is 0 Å². The molecule has 0 fully saturated rings. The Morgan fingerprint density at radius 3 is 2.86 bits per heavy atom. The first-order chi connectivity index (χ1) is 3.41. The monoisotopic (exact) mass is 104 g/mol. The number of alkyl halides is 1. The number of allylic oxidation sites excluding steroid dienone is 1. The van der Waals surface area contributed by atoms with Crippen LogP contribution < -0.4 is 0 Å². The number of ether oxygens (including phenoxy) is 1. The minimum absolute atomic E-state index is 0.382. The largest absolute Gasteiger partial charge is 0.346 e. The molecule has 7 heavy (non-hydrogen) atoms. The van der Waals surface area contributed by atoms with Gasteiger partial charge in [-0.2, -0.15) is 0 Å². The van der Waals surface area contributed by atoms with Crippen molar-refractivity contribution in [2.24, 2.45) is 0 Å². The molecule has 2 heteroatoms. The fraction of sp³-hybridized carbons (Fsp3) is 0.600. The summed E-state index contributed by atoms with van der Waals surface area (Å²) in [6.45, 7) is 1.55. The normalized spacial score (nSPS) is 10.6. The molecule has 0 spiro atoms. The lowest BCUT2D eigenvalue weighted by Gasteiger charge is -1.86. The quantitative estimate of drug-likeness (QED) is 0.389. The van der Waals surface area contributed by atoms with E-state index in [0.717, 1.165) is 0 Å². The van der Waals surface area contributed by atoms with Crippen molar-refractivity contribution in [3.05, 3.63) is 12.2 Å². The number of halogens is 1. The summed E-state index contributed by atoms with van der Waals surface area (Å²) in [7, 11) is 0. The summed E-state index contributed by atoms with van der Waals surface area (Å²) in [5.74, 6) is 0. The van der Waals surface area contributed by atoms with Crippen molar-refractivity contribution in [1.29, 1.82) is 0 Å². The molecule has 0 unspecified atom stereocenters. The van der Waals surface area contributed by atoms with Crippen molar-refractivity contribution in [2.45, 2.75) is 6.92 Å². The van der Waals surface area contributed by atoms with Gasteiger partial charge < -0.3 is 4.74 Å². The van der Waals surface area contributed by atoms with Gasteiger partial charge in [0.25, 0.3) is 0 Å². The van der Waals surface area contributed by atoms with Gasteiger partial charge in [0.1, 0.15) is 0 Å². The lowest BCUT2D eigenvalue weighted by molar-refractivity contribution is 0.0777. The molecular weight excluding hydrogens is 95.1 g/mol. The Balaban J connectivity index is 2.69. The first kappa shape index (κ1) is 6.63. The van der Waals surface area contributed by atoms with Crippen LogP contribution in [0.3, 0.4) is 0 Å². The summed E-state index contributed by atoms with van der Waals surface area (Å²) in [6, 6.07) is 0. The van der Waals surface area contributed by atoms with Crippen LogP contribution in [0.4, 0.5) is 4.39 Å². The summed E-state index contributed by atoms with van der Waals surface area (Å²) in [5.41, 5.74) is 0. The molecule has 0 aliphatic carbocycles. The lowest BCUT2D eigenvalue weighted by Crippen LogP contribution is -1.85. The van der Waals surface area contributed by atoms with Gasteiger partial charge in [-0.25, -0.2) is 4.39 Å². The fourth-order valence-electron chi connectivity index (χ4n) is 0.209. The first-order valence-corrected chi connectivity index (χ1v) is 2.16. The van der Waals surface area contributed by atoms with E-state index in [9.17, 15) is 4.39 Å². The second kappa shape index (κ2) is 5.63. The van der Waals surface area contributed by atoms with Gasteiger partial charge in [-0.1, -0.05) is 12.2 Å². The minimum atomic E-state index is -0.690. The van der Waals surface area contributed by atoms with E-state index in [2.05, 4.69) is 4.74 Å². The molecule has 0 aromatic carbocycles. The van der Waals surface area contributed by atoms with Crippen LogP contribution >= 0.6 is 0 Å². The van der Waals surface area contributed by atoms with Gasteiger partial charge in [0.05, 0.1) is 6.61 Å². The molecule has 0 aliphatic heterocycles. The summed E-state index contributed by atoms with van der Waals surface area (Å²) in [6.07, 6.45) is 3.56. The maximum Gasteiger partial charge on any atom is 0.188 e. The molecule has 0 radical (unpaired) electrons. The molecule has 0 aromatic heterocycles. The Labute approximate surface area is 42.8 Å². The topological polar surface area (TPSA) is 9.23 Å². The van der Waals surface area contributed by atoms with Crippen molar-refractivity contribution < 1.29 is 9.13 Å². The Morgan fingerprint density at radius 1 is 1.71 bits per heavy atom. The molecule has 0 aliphatic rings. The molecule has 0 saturated heterocycles. The molecule has 0 saturated carbocycles. The molecule has 0 rings (SSSR count). The molecular formula is C5H9FO. The summed E-state index contributed by atoms with van der Waals surface area (Å²) >= 11 is 0. The van der Waals surface area contributed by atoms with Crippen molar-refractivity contribution in [2.75, 3.05) is 13.5 Å². The summed E-state index contributed by atoms with van der Waals surface area (Å²) in [5, 5.41) is 0. The average molecular weight is 104 g/mol. The van der Waals surface area contributed by atoms with E-state index in [1.807, 2.05) is 13.0 Å². The van der Waals surface area contributed by atoms with Gasteiger partial charge in [0.2, 0.25) is 0 Å². The third-order valence-electron chi connectivity index (χ3n) is 0.527. The van der Waals surface area contributed by atoms with Crippen LogP contribution in [0.1, 0.15) is 6.92 Å². The second-order valence-electron chi connectivity index (χ2n) is 1.05. The highest BCUT2D eigenvalue weighted by molar-refractivity contribution is 4.75. The molecule has 0 N–H and O–H groups in total. The third kappa shape index (κ3) is 5.63. The van der Waals surface area contributed by atoms with Crippen molar-refractivity contribution in [3.63, 3.8) is 0 Å². The Morgan fingerprint density at radius 2 is 2.43 bits per heavy atom. The SMILES string of the molecule is C/C=C/COCF. The molecule has 1 nitrogen and oxygen atoms in total. The van der Waals surface area contributed by atoms with Crippen molar-refractivity contribution in [1.82, 2.24) is 0 Å². The summed E-state index contributed by atoms with van der Waals surface area (Å²) in [4.78, 5) is 0. The van der Waals surface area contributed by atoms with Crippen LogP contribution in [0.5, 0.6) is 0 Å². The van der Waals surface area contributed by atoms with E-state index in [1.165, 1.54) is 0 Å². The van der Waals surface area contributed by atoms with Gasteiger partial charge in [0.15, 0.2) is 6.86 Å². The molecule has 0 aromatic rings. The highest BCUT2D eigenvalue weighted by Crippen LogP contribution is 1.75. The number of hydrogen-bond acceptors (Lipinski definition) is 1. The molecule has 42 valence electrons. The van der Waals surface area contributed by atoms with E-state index < -0.39 is 6.86 Å². The maximum absolute atomic E-state index is 11.1. The average Bonchev–Trinajstić information content (AvgIpc) is 1.69. The van der Waals surface area contributed by atoms with Gasteiger partial charge in [0, 0.05) is 0 Å². The fourth-order valence-corrected chi connectivity index (χ4v) is 0.209. The molecule has 0 atom stereocenters. The predicted octanol–water partition coefficient (Wildman–Crippen LogP) is 1.51. The Hall–Kier alpha value is -0.370. The lowest BCUT2D eigenvalue weighted by atomic mass is 10.6. The van der Waals surface area contributed by atoms with E-state index in [0.29, 0.717) is 6.61 Å². The van der Waals surface area contributed by atoms with Crippen LogP contribution in [0, 0.1) is 0 Å². The van der Waals surface area contributed by atoms with Crippen LogP contribution in [0.25, 0.3) is 0 Å². The zero-order valence-corrected chi connectivity index (χ0v) is 4.36. The van der Waals surface area contributed by atoms with Crippen LogP contribution in [0.15, 0.2) is 12.2 Å². The molecule has 0 bridgehead atoms. The minimum Gasteiger partial charge on any atom is -0.346 e. The smallest absolute Gasteiger partial charge is 0.188 e. The Kier molecular flexibility index (Phi) is 5.33. The zero-order valence-electron chi connectivity index (χ0n) is 4.36. The molecule has 0 heterocycles. The van der Waals surface area contributed by atoms with Gasteiger partial charge >= 0.3 is 0 Å². The Bertz CT molecular complexity index is 52.0. The van der Waals surface area contributed by atoms with Crippen LogP contribution in [-0.2, 0) is 4.74 Å². The standard InChI is InChI=1S/C5H9FO/c1-2-3-4-7-5-6/h2-3H,4-5H2,1H3/b3-2+. The van der Waals surface area contributed by atoms with E-state index in [-0.39, 0.29) is 0 Å². The second-order valence-corrected chi connectivity index (χ2v) is 1.05.